The van der Waals surface area contributed by atoms with Crippen molar-refractivity contribution in [2.24, 2.45) is 0 Å². The van der Waals surface area contributed by atoms with Crippen LogP contribution in [0, 0.1) is 5.82 Å². The first-order valence-electron chi connectivity index (χ1n) is 2.73. The van der Waals surface area contributed by atoms with Crippen LogP contribution in [0.3, 0.4) is 0 Å². The van der Waals surface area contributed by atoms with Gasteiger partial charge in [-0.1, -0.05) is 0 Å². The van der Waals surface area contributed by atoms with Gasteiger partial charge in [0, 0.05) is 0 Å². The third-order valence-corrected chi connectivity index (χ3v) is 1.07. The number of nitrogens with zero attached hydrogens (tertiary/aromatic N) is 1. The predicted molar refractivity (Wildman–Crippen MR) is 29.8 cm³/mol. The molecule has 0 aliphatic rings. The molecule has 0 amide bonds. The van der Waals surface area contributed by atoms with Crippen molar-refractivity contribution in [2.75, 3.05) is 0 Å². The average molecular weight is 182 g/mol. The lowest BCUT2D eigenvalue weighted by atomic mass is 10.4. The first kappa shape index (κ1) is 8.69. The topological polar surface area (TPSA) is 45.8 Å². The monoisotopic (exact) mass is 182 g/mol. The first-order chi connectivity index (χ1) is 5.43. The second-order valence-corrected chi connectivity index (χ2v) is 1.89. The van der Waals surface area contributed by atoms with Gasteiger partial charge < -0.3 is 4.98 Å². The molecule has 1 rings (SSSR count). The van der Waals surface area contributed by atoms with Crippen LogP contribution in [0.1, 0.15) is 5.69 Å². The Balaban J connectivity index is 3.36. The highest BCUT2D eigenvalue weighted by molar-refractivity contribution is 5.05. The Morgan fingerprint density at radius 3 is 2.42 bits per heavy atom. The number of halogens is 4. The van der Waals surface area contributed by atoms with Crippen molar-refractivity contribution < 1.29 is 17.6 Å². The minimum absolute atomic E-state index is 0.494. The number of aromatic amines is 1. The van der Waals surface area contributed by atoms with E-state index < -0.39 is 23.2 Å². The Labute approximate surface area is 63.1 Å². The van der Waals surface area contributed by atoms with Crippen molar-refractivity contribution >= 4 is 0 Å². The Hall–Kier alpha value is -1.40. The highest BCUT2D eigenvalue weighted by Crippen LogP contribution is 2.27. The summed E-state index contributed by atoms with van der Waals surface area (Å²) in [5.41, 5.74) is -3.23. The van der Waals surface area contributed by atoms with Crippen LogP contribution in [0.2, 0.25) is 0 Å². The third-order valence-electron chi connectivity index (χ3n) is 1.07. The summed E-state index contributed by atoms with van der Waals surface area (Å²) < 4.78 is 47.7. The molecule has 1 aromatic rings. The van der Waals surface area contributed by atoms with Gasteiger partial charge in [0.15, 0.2) is 5.69 Å². The van der Waals surface area contributed by atoms with E-state index in [0.717, 1.165) is 0 Å². The van der Waals surface area contributed by atoms with E-state index >= 15 is 0 Å². The minimum Gasteiger partial charge on any atom is -0.311 e. The Morgan fingerprint density at radius 2 is 2.00 bits per heavy atom. The van der Waals surface area contributed by atoms with Crippen LogP contribution >= 0.6 is 0 Å². The van der Waals surface area contributed by atoms with E-state index in [9.17, 15) is 22.4 Å². The van der Waals surface area contributed by atoms with E-state index in [1.807, 2.05) is 0 Å². The van der Waals surface area contributed by atoms with Gasteiger partial charge in [-0.3, -0.25) is 4.79 Å². The average Bonchev–Trinajstić information content (AvgIpc) is 1.92. The van der Waals surface area contributed by atoms with Gasteiger partial charge in [0.1, 0.15) is 0 Å². The van der Waals surface area contributed by atoms with Gasteiger partial charge in [-0.2, -0.15) is 17.6 Å². The van der Waals surface area contributed by atoms with Gasteiger partial charge in [0.05, 0.1) is 6.33 Å². The number of rotatable bonds is 0. The fourth-order valence-corrected chi connectivity index (χ4v) is 0.581. The van der Waals surface area contributed by atoms with Crippen LogP contribution in [-0.2, 0) is 6.18 Å². The summed E-state index contributed by atoms with van der Waals surface area (Å²) >= 11 is 0. The molecule has 1 heterocycles. The Bertz CT molecular complexity index is 342. The summed E-state index contributed by atoms with van der Waals surface area (Å²) in [5, 5.41) is 0. The maximum atomic E-state index is 12.4. The maximum absolute atomic E-state index is 12.4. The summed E-state index contributed by atoms with van der Waals surface area (Å²) in [5.74, 6) is -1.91. The smallest absolute Gasteiger partial charge is 0.311 e. The highest BCUT2D eigenvalue weighted by atomic mass is 19.4. The van der Waals surface area contributed by atoms with E-state index in [1.54, 1.807) is 4.98 Å². The normalized spacial score (nSPS) is 11.7. The zero-order valence-electron chi connectivity index (χ0n) is 5.44. The molecule has 1 aromatic heterocycles. The first-order valence-corrected chi connectivity index (χ1v) is 2.73. The molecular weight excluding hydrogens is 180 g/mol. The lowest BCUT2D eigenvalue weighted by molar-refractivity contribution is -0.144. The molecule has 0 saturated heterocycles. The standard InChI is InChI=1S/C5H2F4N2O/c6-2-3(5(7,8)9)10-1-11-4(2)12/h1H,(H,10,11,12). The van der Waals surface area contributed by atoms with Crippen LogP contribution in [0.4, 0.5) is 17.6 Å². The van der Waals surface area contributed by atoms with Crippen molar-refractivity contribution in [3.63, 3.8) is 0 Å². The molecule has 0 fully saturated rings. The molecule has 7 heteroatoms. The van der Waals surface area contributed by atoms with Gasteiger partial charge in [-0.15, -0.1) is 0 Å². The van der Waals surface area contributed by atoms with Gasteiger partial charge in [-0.25, -0.2) is 4.98 Å². The van der Waals surface area contributed by atoms with Gasteiger partial charge in [0.25, 0.3) is 5.56 Å². The molecule has 0 bridgehead atoms. The molecule has 0 atom stereocenters. The van der Waals surface area contributed by atoms with Gasteiger partial charge >= 0.3 is 6.18 Å². The lowest BCUT2D eigenvalue weighted by Gasteiger charge is -2.03. The van der Waals surface area contributed by atoms with Gasteiger partial charge in [-0.05, 0) is 0 Å². The third kappa shape index (κ3) is 1.44. The largest absolute Gasteiger partial charge is 0.436 e. The van der Waals surface area contributed by atoms with E-state index in [4.69, 9.17) is 0 Å². The molecule has 0 aliphatic carbocycles. The molecule has 0 saturated carbocycles. The summed E-state index contributed by atoms with van der Waals surface area (Å²) in [4.78, 5) is 14.6. The molecule has 66 valence electrons. The van der Waals surface area contributed by atoms with E-state index in [-0.39, 0.29) is 0 Å². The van der Waals surface area contributed by atoms with Crippen molar-refractivity contribution in [3.05, 3.63) is 28.2 Å². The van der Waals surface area contributed by atoms with E-state index in [1.165, 1.54) is 0 Å². The molecule has 0 spiro atoms. The van der Waals surface area contributed by atoms with Crippen LogP contribution in [0.25, 0.3) is 0 Å². The fraction of sp³-hybridized carbons (Fsp3) is 0.200. The predicted octanol–water partition coefficient (Wildman–Crippen LogP) is 0.928. The van der Waals surface area contributed by atoms with Crippen molar-refractivity contribution in [1.82, 2.24) is 9.97 Å². The van der Waals surface area contributed by atoms with E-state index in [0.29, 0.717) is 6.33 Å². The van der Waals surface area contributed by atoms with Gasteiger partial charge in [0.2, 0.25) is 5.82 Å². The SMILES string of the molecule is O=c1[nH]cnc(C(F)(F)F)c1F. The molecule has 0 aromatic carbocycles. The molecule has 3 nitrogen and oxygen atoms in total. The lowest BCUT2D eigenvalue weighted by Crippen LogP contribution is -2.20. The second-order valence-electron chi connectivity index (χ2n) is 1.89. The number of H-pyrrole nitrogens is 1. The highest BCUT2D eigenvalue weighted by Gasteiger charge is 2.37. The summed E-state index contributed by atoms with van der Waals surface area (Å²) in [6, 6.07) is 0. The van der Waals surface area contributed by atoms with Crippen LogP contribution in [-0.4, -0.2) is 9.97 Å². The molecule has 0 aliphatic heterocycles. The van der Waals surface area contributed by atoms with Crippen molar-refractivity contribution in [1.29, 1.82) is 0 Å². The number of hydrogen-bond acceptors (Lipinski definition) is 2. The molecule has 12 heavy (non-hydrogen) atoms. The molecular formula is C5H2F4N2O. The number of nitrogens with one attached hydrogen (secondary N) is 1. The van der Waals surface area contributed by atoms with Crippen molar-refractivity contribution in [3.8, 4) is 0 Å². The van der Waals surface area contributed by atoms with Crippen molar-refractivity contribution in [2.45, 2.75) is 6.18 Å². The van der Waals surface area contributed by atoms with Crippen LogP contribution in [0.5, 0.6) is 0 Å². The van der Waals surface area contributed by atoms with Crippen LogP contribution in [0.15, 0.2) is 11.1 Å². The quantitative estimate of drug-likeness (QED) is 0.606. The summed E-state index contributed by atoms with van der Waals surface area (Å²) in [6.45, 7) is 0. The molecule has 0 radical (unpaired) electrons. The Kier molecular flexibility index (Phi) is 1.87. The second kappa shape index (κ2) is 2.58. The number of hydrogen-bond donors (Lipinski definition) is 1. The summed E-state index contributed by atoms with van der Waals surface area (Å²) in [7, 11) is 0. The number of alkyl halides is 3. The fourth-order valence-electron chi connectivity index (χ4n) is 0.581. The Morgan fingerprint density at radius 1 is 1.42 bits per heavy atom. The zero-order chi connectivity index (χ0) is 9.35. The number of aromatic nitrogens is 2. The van der Waals surface area contributed by atoms with Crippen LogP contribution < -0.4 is 5.56 Å². The van der Waals surface area contributed by atoms with E-state index in [2.05, 4.69) is 4.98 Å². The summed E-state index contributed by atoms with van der Waals surface area (Å²) in [6.07, 6.45) is -4.44. The minimum atomic E-state index is -4.93. The molecule has 0 unspecified atom stereocenters. The zero-order valence-corrected chi connectivity index (χ0v) is 5.44. The molecule has 1 N–H and O–H groups in total. The maximum Gasteiger partial charge on any atom is 0.436 e.